The summed E-state index contributed by atoms with van der Waals surface area (Å²) >= 11 is 5.86. The van der Waals surface area contributed by atoms with E-state index in [0.29, 0.717) is 5.69 Å². The van der Waals surface area contributed by atoms with Crippen molar-refractivity contribution in [3.8, 4) is 0 Å². The zero-order chi connectivity index (χ0) is 14.5. The number of anilines is 2. The zero-order valence-electron chi connectivity index (χ0n) is 10.9. The molecule has 1 amide bonds. The van der Waals surface area contributed by atoms with E-state index in [1.807, 2.05) is 30.3 Å². The molecule has 0 aliphatic rings. The van der Waals surface area contributed by atoms with Crippen LogP contribution >= 0.6 is 11.6 Å². The second kappa shape index (κ2) is 6.39. The van der Waals surface area contributed by atoms with E-state index < -0.39 is 11.9 Å². The summed E-state index contributed by atoms with van der Waals surface area (Å²) in [6, 6.07) is 12.8. The Morgan fingerprint density at radius 3 is 2.55 bits per heavy atom. The van der Waals surface area contributed by atoms with Crippen LogP contribution in [0, 0.1) is 5.82 Å². The SMILES string of the molecule is C[C@H](Nc1ccccc1)C(=O)Nc1ccc(F)cc1Cl. The molecule has 2 aromatic rings. The molecular weight excluding hydrogens is 279 g/mol. The lowest BCUT2D eigenvalue weighted by Crippen LogP contribution is -2.31. The van der Waals surface area contributed by atoms with Crippen LogP contribution in [0.4, 0.5) is 15.8 Å². The molecule has 0 bridgehead atoms. The number of nitrogens with one attached hydrogen (secondary N) is 2. The van der Waals surface area contributed by atoms with Gasteiger partial charge in [-0.3, -0.25) is 4.79 Å². The maximum absolute atomic E-state index is 12.9. The van der Waals surface area contributed by atoms with E-state index in [4.69, 9.17) is 11.6 Å². The lowest BCUT2D eigenvalue weighted by atomic mass is 10.2. The second-order valence-corrected chi connectivity index (χ2v) is 4.75. The van der Waals surface area contributed by atoms with Gasteiger partial charge in [-0.2, -0.15) is 0 Å². The number of hydrogen-bond acceptors (Lipinski definition) is 2. The Labute approximate surface area is 121 Å². The Morgan fingerprint density at radius 1 is 1.20 bits per heavy atom. The molecule has 0 unspecified atom stereocenters. The lowest BCUT2D eigenvalue weighted by Gasteiger charge is -2.15. The van der Waals surface area contributed by atoms with E-state index in [1.165, 1.54) is 12.1 Å². The molecule has 20 heavy (non-hydrogen) atoms. The lowest BCUT2D eigenvalue weighted by molar-refractivity contribution is -0.116. The van der Waals surface area contributed by atoms with Crippen molar-refractivity contribution in [2.75, 3.05) is 10.6 Å². The minimum Gasteiger partial charge on any atom is -0.374 e. The fourth-order valence-corrected chi connectivity index (χ4v) is 1.90. The predicted octanol–water partition coefficient (Wildman–Crippen LogP) is 3.92. The van der Waals surface area contributed by atoms with Crippen LogP contribution in [-0.4, -0.2) is 11.9 Å². The third-order valence-electron chi connectivity index (χ3n) is 2.74. The summed E-state index contributed by atoms with van der Waals surface area (Å²) in [6.07, 6.45) is 0. The molecule has 0 aliphatic carbocycles. The number of rotatable bonds is 4. The second-order valence-electron chi connectivity index (χ2n) is 4.35. The minimum absolute atomic E-state index is 0.172. The molecule has 0 aliphatic heterocycles. The van der Waals surface area contributed by atoms with Gasteiger partial charge in [0.05, 0.1) is 10.7 Å². The van der Waals surface area contributed by atoms with Crippen molar-refractivity contribution in [3.63, 3.8) is 0 Å². The van der Waals surface area contributed by atoms with Gasteiger partial charge in [-0.05, 0) is 37.3 Å². The Balaban J connectivity index is 2.01. The van der Waals surface area contributed by atoms with Gasteiger partial charge in [0.1, 0.15) is 11.9 Å². The van der Waals surface area contributed by atoms with Crippen molar-refractivity contribution in [2.45, 2.75) is 13.0 Å². The quantitative estimate of drug-likeness (QED) is 0.897. The fourth-order valence-electron chi connectivity index (χ4n) is 1.68. The maximum atomic E-state index is 12.9. The molecule has 2 N–H and O–H groups in total. The molecule has 0 aromatic heterocycles. The van der Waals surface area contributed by atoms with Crippen LogP contribution in [0.15, 0.2) is 48.5 Å². The van der Waals surface area contributed by atoms with Crippen molar-refractivity contribution in [3.05, 3.63) is 59.4 Å². The Bertz CT molecular complexity index is 604. The summed E-state index contributed by atoms with van der Waals surface area (Å²) < 4.78 is 12.9. The molecule has 1 atom stereocenters. The monoisotopic (exact) mass is 292 g/mol. The van der Waals surface area contributed by atoms with Gasteiger partial charge in [0, 0.05) is 5.69 Å². The molecule has 2 aromatic carbocycles. The molecule has 0 saturated heterocycles. The van der Waals surface area contributed by atoms with Crippen molar-refractivity contribution < 1.29 is 9.18 Å². The maximum Gasteiger partial charge on any atom is 0.246 e. The fraction of sp³-hybridized carbons (Fsp3) is 0.133. The summed E-state index contributed by atoms with van der Waals surface area (Å²) in [7, 11) is 0. The summed E-state index contributed by atoms with van der Waals surface area (Å²) in [5.74, 6) is -0.689. The Morgan fingerprint density at radius 2 is 1.90 bits per heavy atom. The normalized spacial score (nSPS) is 11.8. The molecule has 0 heterocycles. The van der Waals surface area contributed by atoms with Crippen molar-refractivity contribution in [1.29, 1.82) is 0 Å². The molecule has 0 spiro atoms. The van der Waals surface area contributed by atoms with Crippen LogP contribution in [0.3, 0.4) is 0 Å². The van der Waals surface area contributed by atoms with Crippen molar-refractivity contribution in [2.24, 2.45) is 0 Å². The molecule has 2 rings (SSSR count). The summed E-state index contributed by atoms with van der Waals surface area (Å²) in [5, 5.41) is 5.89. The van der Waals surface area contributed by atoms with E-state index in [-0.39, 0.29) is 10.9 Å². The first kappa shape index (κ1) is 14.3. The molecule has 3 nitrogen and oxygen atoms in total. The average Bonchev–Trinajstić information content (AvgIpc) is 2.43. The first-order valence-electron chi connectivity index (χ1n) is 6.14. The average molecular weight is 293 g/mol. The minimum atomic E-state index is -0.446. The Kier molecular flexibility index (Phi) is 4.58. The van der Waals surface area contributed by atoms with Crippen LogP contribution in [0.2, 0.25) is 5.02 Å². The number of para-hydroxylation sites is 1. The first-order chi connectivity index (χ1) is 9.56. The number of carbonyl (C=O) groups is 1. The van der Waals surface area contributed by atoms with Crippen molar-refractivity contribution >= 4 is 28.9 Å². The number of hydrogen-bond donors (Lipinski definition) is 2. The summed E-state index contributed by atoms with van der Waals surface area (Å²) in [4.78, 5) is 12.0. The first-order valence-corrected chi connectivity index (χ1v) is 6.51. The van der Waals surface area contributed by atoms with Gasteiger partial charge >= 0.3 is 0 Å². The van der Waals surface area contributed by atoms with Gasteiger partial charge < -0.3 is 10.6 Å². The van der Waals surface area contributed by atoms with Crippen LogP contribution in [0.25, 0.3) is 0 Å². The molecule has 5 heteroatoms. The van der Waals surface area contributed by atoms with E-state index in [2.05, 4.69) is 10.6 Å². The van der Waals surface area contributed by atoms with Gasteiger partial charge in [0.25, 0.3) is 0 Å². The largest absolute Gasteiger partial charge is 0.374 e. The van der Waals surface area contributed by atoms with Gasteiger partial charge in [-0.15, -0.1) is 0 Å². The summed E-state index contributed by atoms with van der Waals surface area (Å²) in [5.41, 5.74) is 1.24. The number of amides is 1. The molecule has 104 valence electrons. The van der Waals surface area contributed by atoms with E-state index >= 15 is 0 Å². The van der Waals surface area contributed by atoms with E-state index in [0.717, 1.165) is 11.8 Å². The highest BCUT2D eigenvalue weighted by Gasteiger charge is 2.14. The Hall–Kier alpha value is -2.07. The molecule has 0 fully saturated rings. The van der Waals surface area contributed by atoms with Crippen LogP contribution in [0.5, 0.6) is 0 Å². The van der Waals surface area contributed by atoms with Gasteiger partial charge in [0.15, 0.2) is 0 Å². The third kappa shape index (κ3) is 3.71. The van der Waals surface area contributed by atoms with Gasteiger partial charge in [-0.25, -0.2) is 4.39 Å². The third-order valence-corrected chi connectivity index (χ3v) is 3.05. The number of carbonyl (C=O) groups excluding carboxylic acids is 1. The number of benzene rings is 2. The summed E-state index contributed by atoms with van der Waals surface area (Å²) in [6.45, 7) is 1.74. The van der Waals surface area contributed by atoms with Gasteiger partial charge in [-0.1, -0.05) is 29.8 Å². The zero-order valence-corrected chi connectivity index (χ0v) is 11.6. The molecular formula is C15H14ClFN2O. The highest BCUT2D eigenvalue weighted by atomic mass is 35.5. The molecule has 0 radical (unpaired) electrons. The van der Waals surface area contributed by atoms with E-state index in [1.54, 1.807) is 6.92 Å². The van der Waals surface area contributed by atoms with Crippen molar-refractivity contribution in [1.82, 2.24) is 0 Å². The van der Waals surface area contributed by atoms with Crippen LogP contribution in [-0.2, 0) is 4.79 Å². The highest BCUT2D eigenvalue weighted by molar-refractivity contribution is 6.33. The van der Waals surface area contributed by atoms with Gasteiger partial charge in [0.2, 0.25) is 5.91 Å². The number of halogens is 2. The highest BCUT2D eigenvalue weighted by Crippen LogP contribution is 2.22. The molecule has 0 saturated carbocycles. The smallest absolute Gasteiger partial charge is 0.246 e. The topological polar surface area (TPSA) is 41.1 Å². The van der Waals surface area contributed by atoms with Crippen LogP contribution in [0.1, 0.15) is 6.92 Å². The van der Waals surface area contributed by atoms with E-state index in [9.17, 15) is 9.18 Å². The van der Waals surface area contributed by atoms with Crippen LogP contribution < -0.4 is 10.6 Å². The standard InChI is InChI=1S/C15H14ClFN2O/c1-10(18-12-5-3-2-4-6-12)15(20)19-14-8-7-11(17)9-13(14)16/h2-10,18H,1H3,(H,19,20)/t10-/m0/s1. The predicted molar refractivity (Wildman–Crippen MR) is 79.6 cm³/mol.